The molecule has 0 saturated carbocycles. The van der Waals surface area contributed by atoms with Crippen molar-refractivity contribution in [3.63, 3.8) is 0 Å². The Kier molecular flexibility index (Phi) is 5.26. The summed E-state index contributed by atoms with van der Waals surface area (Å²) in [5, 5.41) is 9.67. The van der Waals surface area contributed by atoms with Crippen molar-refractivity contribution in [2.24, 2.45) is 0 Å². The van der Waals surface area contributed by atoms with E-state index in [2.05, 4.69) is 11.1 Å². The molecule has 15 heavy (non-hydrogen) atoms. The highest BCUT2D eigenvalue weighted by molar-refractivity contribution is 7.11. The van der Waals surface area contributed by atoms with Gasteiger partial charge in [0.15, 0.2) is 0 Å². The van der Waals surface area contributed by atoms with Crippen LogP contribution in [0.1, 0.15) is 15.6 Å². The van der Waals surface area contributed by atoms with Crippen molar-refractivity contribution in [3.05, 3.63) is 15.6 Å². The maximum absolute atomic E-state index is 8.66. The molecule has 0 aromatic carbocycles. The van der Waals surface area contributed by atoms with E-state index < -0.39 is 0 Å². The van der Waals surface area contributed by atoms with E-state index in [9.17, 15) is 0 Å². The zero-order valence-corrected chi connectivity index (χ0v) is 9.76. The molecule has 1 aromatic heterocycles. The van der Waals surface area contributed by atoms with Crippen LogP contribution in [0.2, 0.25) is 0 Å². The Balaban J connectivity index is 2.74. The summed E-state index contributed by atoms with van der Waals surface area (Å²) >= 11 is 1.57. The van der Waals surface area contributed by atoms with Gasteiger partial charge in [-0.15, -0.1) is 11.3 Å². The van der Waals surface area contributed by atoms with Crippen molar-refractivity contribution in [1.82, 2.24) is 4.98 Å². The maximum Gasteiger partial charge on any atom is 0.0955 e. The zero-order chi connectivity index (χ0) is 11.1. The number of hydrogen-bond acceptors (Lipinski definition) is 5. The topological polar surface area (TPSA) is 55.1 Å². The van der Waals surface area contributed by atoms with Crippen LogP contribution in [0.25, 0.3) is 0 Å². The Morgan fingerprint density at radius 2 is 2.20 bits per heavy atom. The summed E-state index contributed by atoms with van der Waals surface area (Å²) in [6.45, 7) is 1.13. The molecular weight excluding hydrogens is 212 g/mol. The molecule has 0 aliphatic heterocycles. The fraction of sp³-hybridized carbons (Fsp3) is 0.600. The normalized spacial score (nSPS) is 10.2. The van der Waals surface area contributed by atoms with Crippen LogP contribution in [0.4, 0.5) is 0 Å². The molecule has 0 aliphatic carbocycles. The van der Waals surface area contributed by atoms with Crippen LogP contribution in [-0.4, -0.2) is 25.8 Å². The largest absolute Gasteiger partial charge is 0.384 e. The van der Waals surface area contributed by atoms with E-state index in [0.717, 1.165) is 22.0 Å². The molecule has 0 spiro atoms. The quantitative estimate of drug-likeness (QED) is 0.738. The summed E-state index contributed by atoms with van der Waals surface area (Å²) in [4.78, 5) is 5.42. The Morgan fingerprint density at radius 1 is 1.40 bits per heavy atom. The van der Waals surface area contributed by atoms with E-state index in [-0.39, 0.29) is 0 Å². The molecule has 4 nitrogen and oxygen atoms in total. The van der Waals surface area contributed by atoms with Crippen molar-refractivity contribution < 1.29 is 9.47 Å². The number of methoxy groups -OCH3 is 2. The smallest absolute Gasteiger partial charge is 0.0955 e. The van der Waals surface area contributed by atoms with Crippen molar-refractivity contribution in [2.75, 3.05) is 20.8 Å². The van der Waals surface area contributed by atoms with Gasteiger partial charge in [0.25, 0.3) is 0 Å². The van der Waals surface area contributed by atoms with Gasteiger partial charge in [-0.25, -0.2) is 4.98 Å². The summed E-state index contributed by atoms with van der Waals surface area (Å²) in [7, 11) is 3.30. The summed E-state index contributed by atoms with van der Waals surface area (Å²) < 4.78 is 10.0. The number of ether oxygens (including phenoxy) is 2. The lowest BCUT2D eigenvalue weighted by atomic mass is 10.3. The van der Waals surface area contributed by atoms with E-state index in [4.69, 9.17) is 14.7 Å². The van der Waals surface area contributed by atoms with Gasteiger partial charge in [-0.3, -0.25) is 0 Å². The summed E-state index contributed by atoms with van der Waals surface area (Å²) in [6.07, 6.45) is 1.20. The lowest BCUT2D eigenvalue weighted by Crippen LogP contribution is -1.95. The fourth-order valence-corrected chi connectivity index (χ4v) is 2.18. The van der Waals surface area contributed by atoms with Gasteiger partial charge in [0.05, 0.1) is 36.4 Å². The van der Waals surface area contributed by atoms with E-state index in [1.54, 1.807) is 25.6 Å². The summed E-state index contributed by atoms with van der Waals surface area (Å²) in [6, 6.07) is 2.14. The first-order chi connectivity index (χ1) is 7.31. The Hall–Kier alpha value is -0.960. The lowest BCUT2D eigenvalue weighted by molar-refractivity contribution is 0.181. The molecule has 0 N–H and O–H groups in total. The second-order valence-electron chi connectivity index (χ2n) is 2.99. The minimum atomic E-state index is 0.406. The minimum Gasteiger partial charge on any atom is -0.384 e. The third-order valence-electron chi connectivity index (χ3n) is 1.86. The first kappa shape index (κ1) is 12.1. The first-order valence-corrected chi connectivity index (χ1v) is 5.45. The van der Waals surface area contributed by atoms with Gasteiger partial charge in [0, 0.05) is 25.5 Å². The number of hydrogen-bond donors (Lipinski definition) is 0. The van der Waals surface area contributed by atoms with Crippen LogP contribution in [0.15, 0.2) is 0 Å². The highest BCUT2D eigenvalue weighted by Gasteiger charge is 2.10. The van der Waals surface area contributed by atoms with Crippen LogP contribution in [0, 0.1) is 11.3 Å². The average Bonchev–Trinajstić information content (AvgIpc) is 2.59. The Bertz CT molecular complexity index is 344. The van der Waals surface area contributed by atoms with Crippen molar-refractivity contribution in [2.45, 2.75) is 19.4 Å². The molecule has 1 rings (SSSR count). The van der Waals surface area contributed by atoms with E-state index in [1.807, 2.05) is 0 Å². The predicted octanol–water partition coefficient (Wildman–Crippen LogP) is 1.54. The second-order valence-corrected chi connectivity index (χ2v) is 4.16. The molecule has 0 bridgehead atoms. The van der Waals surface area contributed by atoms with E-state index >= 15 is 0 Å². The fourth-order valence-electron chi connectivity index (χ4n) is 1.19. The van der Waals surface area contributed by atoms with Crippen LogP contribution >= 0.6 is 11.3 Å². The van der Waals surface area contributed by atoms with Crippen molar-refractivity contribution in [1.29, 1.82) is 5.26 Å². The molecule has 0 aliphatic rings. The molecule has 1 heterocycles. The molecule has 0 atom stereocenters. The van der Waals surface area contributed by atoms with Crippen molar-refractivity contribution in [3.8, 4) is 6.07 Å². The first-order valence-electron chi connectivity index (χ1n) is 4.64. The monoisotopic (exact) mass is 226 g/mol. The molecule has 0 radical (unpaired) electrons. The molecule has 5 heteroatoms. The second kappa shape index (κ2) is 6.51. The van der Waals surface area contributed by atoms with Gasteiger partial charge >= 0.3 is 0 Å². The standard InChI is InChI=1S/C10H14N2O2S/c1-13-6-4-10-12-8(7-14-2)9(15-10)3-5-11/h3-4,6-7H2,1-2H3. The number of aromatic nitrogens is 1. The molecule has 1 aromatic rings. The minimum absolute atomic E-state index is 0.406. The van der Waals surface area contributed by atoms with Gasteiger partial charge < -0.3 is 9.47 Å². The molecule has 82 valence electrons. The van der Waals surface area contributed by atoms with E-state index in [1.165, 1.54) is 0 Å². The number of thiazole rings is 1. The maximum atomic E-state index is 8.66. The highest BCUT2D eigenvalue weighted by atomic mass is 32.1. The van der Waals surface area contributed by atoms with Gasteiger partial charge in [0.1, 0.15) is 0 Å². The highest BCUT2D eigenvalue weighted by Crippen LogP contribution is 2.20. The molecule has 0 saturated heterocycles. The van der Waals surface area contributed by atoms with E-state index in [0.29, 0.717) is 19.6 Å². The van der Waals surface area contributed by atoms with Gasteiger partial charge in [-0.2, -0.15) is 5.26 Å². The number of rotatable bonds is 6. The molecule has 0 amide bonds. The number of nitriles is 1. The molecule has 0 fully saturated rings. The molecule has 0 unspecified atom stereocenters. The van der Waals surface area contributed by atoms with Crippen molar-refractivity contribution >= 4 is 11.3 Å². The third kappa shape index (κ3) is 3.59. The zero-order valence-electron chi connectivity index (χ0n) is 8.95. The van der Waals surface area contributed by atoms with Gasteiger partial charge in [0.2, 0.25) is 0 Å². The number of nitrogens with zero attached hydrogens (tertiary/aromatic N) is 2. The summed E-state index contributed by atoms with van der Waals surface area (Å²) in [5.41, 5.74) is 0.884. The lowest BCUT2D eigenvalue weighted by Gasteiger charge is -1.95. The average molecular weight is 226 g/mol. The van der Waals surface area contributed by atoms with Crippen LogP contribution in [0.3, 0.4) is 0 Å². The SMILES string of the molecule is COCCc1nc(COC)c(CC#N)s1. The Labute approximate surface area is 93.5 Å². The third-order valence-corrected chi connectivity index (χ3v) is 3.02. The predicted molar refractivity (Wildman–Crippen MR) is 57.7 cm³/mol. The van der Waals surface area contributed by atoms with Crippen LogP contribution in [0.5, 0.6) is 0 Å². The van der Waals surface area contributed by atoms with Gasteiger partial charge in [-0.05, 0) is 0 Å². The Morgan fingerprint density at radius 3 is 2.80 bits per heavy atom. The van der Waals surface area contributed by atoms with Crippen LogP contribution in [-0.2, 0) is 28.9 Å². The molecular formula is C10H14N2O2S. The van der Waals surface area contributed by atoms with Gasteiger partial charge in [-0.1, -0.05) is 0 Å². The summed E-state index contributed by atoms with van der Waals surface area (Å²) in [5.74, 6) is 0. The van der Waals surface area contributed by atoms with Crippen LogP contribution < -0.4 is 0 Å².